The molecule has 3 heteroatoms. The van der Waals surface area contributed by atoms with Crippen LogP contribution in [0.2, 0.25) is 5.02 Å². The first kappa shape index (κ1) is 13.3. The van der Waals surface area contributed by atoms with E-state index in [2.05, 4.69) is 26.8 Å². The number of halogens is 1. The van der Waals surface area contributed by atoms with E-state index in [-0.39, 0.29) is 0 Å². The number of ether oxygens (including phenoxy) is 1. The molecule has 1 rings (SSSR count). The molecule has 0 radical (unpaired) electrons. The maximum atomic E-state index is 6.21. The van der Waals surface area contributed by atoms with Crippen molar-refractivity contribution in [1.82, 2.24) is 0 Å². The summed E-state index contributed by atoms with van der Waals surface area (Å²) in [4.78, 5) is 0. The van der Waals surface area contributed by atoms with Crippen LogP contribution in [0.5, 0.6) is 5.75 Å². The van der Waals surface area contributed by atoms with Crippen LogP contribution in [0.15, 0.2) is 12.1 Å². The third-order valence-corrected chi connectivity index (χ3v) is 3.12. The molecule has 1 atom stereocenters. The zero-order valence-electron chi connectivity index (χ0n) is 10.4. The number of rotatable bonds is 4. The van der Waals surface area contributed by atoms with Gasteiger partial charge in [0.25, 0.3) is 0 Å². The maximum Gasteiger partial charge on any atom is 0.140 e. The van der Waals surface area contributed by atoms with Crippen LogP contribution in [0, 0.1) is 0 Å². The molecule has 1 unspecified atom stereocenters. The van der Waals surface area contributed by atoms with Crippen LogP contribution < -0.4 is 10.5 Å². The summed E-state index contributed by atoms with van der Waals surface area (Å²) in [5.41, 5.74) is 8.00. The number of methoxy groups -OCH3 is 1. The van der Waals surface area contributed by atoms with E-state index in [1.807, 2.05) is 6.07 Å². The summed E-state index contributed by atoms with van der Waals surface area (Å²) in [7, 11) is 1.65. The third kappa shape index (κ3) is 2.69. The van der Waals surface area contributed by atoms with Crippen molar-refractivity contribution in [3.8, 4) is 5.75 Å². The fraction of sp³-hybridized carbons (Fsp3) is 0.538. The van der Waals surface area contributed by atoms with Crippen molar-refractivity contribution < 1.29 is 4.74 Å². The monoisotopic (exact) mass is 241 g/mol. The molecule has 0 heterocycles. The third-order valence-electron chi connectivity index (χ3n) is 2.84. The summed E-state index contributed by atoms with van der Waals surface area (Å²) in [6, 6.07) is 4.09. The molecule has 0 aromatic heterocycles. The van der Waals surface area contributed by atoms with E-state index in [0.29, 0.717) is 23.4 Å². The molecule has 0 aliphatic rings. The second-order valence-corrected chi connectivity index (χ2v) is 4.82. The molecular weight excluding hydrogens is 222 g/mol. The van der Waals surface area contributed by atoms with Gasteiger partial charge in [0.1, 0.15) is 5.75 Å². The van der Waals surface area contributed by atoms with Crippen LogP contribution >= 0.6 is 11.6 Å². The predicted molar refractivity (Wildman–Crippen MR) is 69.6 cm³/mol. The topological polar surface area (TPSA) is 35.2 Å². The zero-order chi connectivity index (χ0) is 12.3. The Balaban J connectivity index is 3.28. The number of nitrogens with two attached hydrogens (primary N) is 1. The van der Waals surface area contributed by atoms with Gasteiger partial charge < -0.3 is 10.5 Å². The van der Waals surface area contributed by atoms with Gasteiger partial charge in [-0.1, -0.05) is 38.4 Å². The number of hydrogen-bond donors (Lipinski definition) is 1. The Morgan fingerprint density at radius 1 is 1.31 bits per heavy atom. The Bertz CT molecular complexity index is 363. The molecule has 1 aromatic carbocycles. The molecule has 0 saturated carbocycles. The normalized spacial score (nSPS) is 12.9. The van der Waals surface area contributed by atoms with Gasteiger partial charge in [0, 0.05) is 0 Å². The molecule has 2 N–H and O–H groups in total. The molecule has 90 valence electrons. The summed E-state index contributed by atoms with van der Waals surface area (Å²) in [6.07, 6.45) is 0. The van der Waals surface area contributed by atoms with Crippen molar-refractivity contribution >= 4 is 11.6 Å². The van der Waals surface area contributed by atoms with Gasteiger partial charge in [-0.2, -0.15) is 0 Å². The summed E-state index contributed by atoms with van der Waals surface area (Å²) < 4.78 is 5.34. The minimum atomic E-state index is 0.320. The molecule has 0 fully saturated rings. The first-order valence-electron chi connectivity index (χ1n) is 5.58. The molecule has 16 heavy (non-hydrogen) atoms. The standard InChI is InChI=1S/C13H20ClNO/c1-8(2)11-5-10(9(3)7-15)6-12(14)13(11)16-4/h5-6,8-9H,7,15H2,1-4H3. The Labute approximate surface area is 103 Å². The average molecular weight is 242 g/mol. The molecule has 0 aliphatic carbocycles. The van der Waals surface area contributed by atoms with E-state index in [9.17, 15) is 0 Å². The first-order chi connectivity index (χ1) is 7.51. The predicted octanol–water partition coefficient (Wildman–Crippen LogP) is 3.53. The zero-order valence-corrected chi connectivity index (χ0v) is 11.1. The minimum Gasteiger partial charge on any atom is -0.495 e. The smallest absolute Gasteiger partial charge is 0.140 e. The molecule has 1 aromatic rings. The van der Waals surface area contributed by atoms with E-state index in [1.165, 1.54) is 5.56 Å². The maximum absolute atomic E-state index is 6.21. The lowest BCUT2D eigenvalue weighted by molar-refractivity contribution is 0.407. The van der Waals surface area contributed by atoms with E-state index in [4.69, 9.17) is 22.1 Å². The van der Waals surface area contributed by atoms with Gasteiger partial charge in [-0.25, -0.2) is 0 Å². The summed E-state index contributed by atoms with van der Waals surface area (Å²) >= 11 is 6.21. The fourth-order valence-corrected chi connectivity index (χ4v) is 2.01. The fourth-order valence-electron chi connectivity index (χ4n) is 1.70. The Morgan fingerprint density at radius 3 is 2.38 bits per heavy atom. The van der Waals surface area contributed by atoms with Crippen molar-refractivity contribution in [3.05, 3.63) is 28.3 Å². The van der Waals surface area contributed by atoms with Gasteiger partial charge in [0.2, 0.25) is 0 Å². The molecule has 0 aliphatic heterocycles. The first-order valence-corrected chi connectivity index (χ1v) is 5.96. The van der Waals surface area contributed by atoms with E-state index in [0.717, 1.165) is 11.3 Å². The number of benzene rings is 1. The summed E-state index contributed by atoms with van der Waals surface area (Å²) in [5, 5.41) is 0.670. The van der Waals surface area contributed by atoms with E-state index < -0.39 is 0 Å². The summed E-state index contributed by atoms with van der Waals surface area (Å²) in [5.74, 6) is 1.49. The van der Waals surface area contributed by atoms with Crippen molar-refractivity contribution in [2.75, 3.05) is 13.7 Å². The van der Waals surface area contributed by atoms with Crippen LogP contribution in [0.25, 0.3) is 0 Å². The highest BCUT2D eigenvalue weighted by Gasteiger charge is 2.15. The largest absolute Gasteiger partial charge is 0.495 e. The van der Waals surface area contributed by atoms with E-state index in [1.54, 1.807) is 7.11 Å². The van der Waals surface area contributed by atoms with Gasteiger partial charge in [-0.05, 0) is 35.6 Å². The van der Waals surface area contributed by atoms with Crippen molar-refractivity contribution in [1.29, 1.82) is 0 Å². The lowest BCUT2D eigenvalue weighted by atomic mass is 9.94. The van der Waals surface area contributed by atoms with Gasteiger partial charge >= 0.3 is 0 Å². The van der Waals surface area contributed by atoms with Crippen LogP contribution in [-0.4, -0.2) is 13.7 Å². The Kier molecular flexibility index (Phi) is 4.63. The minimum absolute atomic E-state index is 0.320. The van der Waals surface area contributed by atoms with E-state index >= 15 is 0 Å². The molecule has 0 spiro atoms. The average Bonchev–Trinajstić information content (AvgIpc) is 2.26. The highest BCUT2D eigenvalue weighted by Crippen LogP contribution is 2.36. The van der Waals surface area contributed by atoms with Gasteiger partial charge in [-0.15, -0.1) is 0 Å². The SMILES string of the molecule is COc1c(Cl)cc(C(C)CN)cc1C(C)C. The second kappa shape index (κ2) is 5.55. The van der Waals surface area contributed by atoms with Crippen molar-refractivity contribution in [2.24, 2.45) is 5.73 Å². The molecule has 0 amide bonds. The van der Waals surface area contributed by atoms with Crippen LogP contribution in [-0.2, 0) is 0 Å². The Morgan fingerprint density at radius 2 is 1.94 bits per heavy atom. The molecule has 0 bridgehead atoms. The lowest BCUT2D eigenvalue weighted by Gasteiger charge is -2.17. The van der Waals surface area contributed by atoms with Crippen LogP contribution in [0.4, 0.5) is 0 Å². The van der Waals surface area contributed by atoms with Crippen LogP contribution in [0.3, 0.4) is 0 Å². The lowest BCUT2D eigenvalue weighted by Crippen LogP contribution is -2.10. The highest BCUT2D eigenvalue weighted by atomic mass is 35.5. The van der Waals surface area contributed by atoms with Crippen molar-refractivity contribution in [2.45, 2.75) is 32.6 Å². The second-order valence-electron chi connectivity index (χ2n) is 4.42. The Hall–Kier alpha value is -0.730. The van der Waals surface area contributed by atoms with Gasteiger partial charge in [0.05, 0.1) is 12.1 Å². The molecular formula is C13H20ClNO. The van der Waals surface area contributed by atoms with Gasteiger partial charge in [0.15, 0.2) is 0 Å². The van der Waals surface area contributed by atoms with Crippen LogP contribution in [0.1, 0.15) is 43.7 Å². The summed E-state index contributed by atoms with van der Waals surface area (Å²) in [6.45, 7) is 6.98. The highest BCUT2D eigenvalue weighted by molar-refractivity contribution is 6.32. The quantitative estimate of drug-likeness (QED) is 0.875. The molecule has 0 saturated heterocycles. The number of hydrogen-bond acceptors (Lipinski definition) is 2. The molecule has 2 nitrogen and oxygen atoms in total. The van der Waals surface area contributed by atoms with Gasteiger partial charge in [-0.3, -0.25) is 0 Å². The van der Waals surface area contributed by atoms with Crippen molar-refractivity contribution in [3.63, 3.8) is 0 Å².